The van der Waals surface area contributed by atoms with Crippen molar-refractivity contribution in [2.45, 2.75) is 77.5 Å². The molecule has 0 unspecified atom stereocenters. The molecule has 2 aliphatic rings. The van der Waals surface area contributed by atoms with Gasteiger partial charge in [0, 0.05) is 23.4 Å². The van der Waals surface area contributed by atoms with Crippen molar-refractivity contribution in [3.05, 3.63) is 17.8 Å². The fourth-order valence-electron chi connectivity index (χ4n) is 3.16. The molecule has 0 aromatic carbocycles. The number of nitrogens with one attached hydrogen (secondary N) is 2. The number of carbonyl (C=O) groups excluding carboxylic acids is 2. The van der Waals surface area contributed by atoms with Gasteiger partial charge in [0.05, 0.1) is 5.69 Å². The van der Waals surface area contributed by atoms with E-state index in [1.54, 1.807) is 0 Å². The maximum atomic E-state index is 12.5. The zero-order chi connectivity index (χ0) is 18.4. The molecule has 0 aliphatic heterocycles. The third kappa shape index (κ3) is 3.80. The summed E-state index contributed by atoms with van der Waals surface area (Å²) in [6.45, 7) is 9.53. The predicted octanol–water partition coefficient (Wildman–Crippen LogP) is 2.97. The molecule has 7 heteroatoms. The molecule has 2 saturated carbocycles. The largest absolute Gasteiger partial charge is 0.444 e. The zero-order valence-electron chi connectivity index (χ0n) is 15.5. The van der Waals surface area contributed by atoms with Gasteiger partial charge in [0.15, 0.2) is 6.39 Å². The minimum Gasteiger partial charge on any atom is -0.444 e. The summed E-state index contributed by atoms with van der Waals surface area (Å²) in [5.74, 6) is 0.450. The maximum Gasteiger partial charge on any atom is 0.407 e. The highest BCUT2D eigenvalue weighted by molar-refractivity contribution is 5.93. The van der Waals surface area contributed by atoms with Gasteiger partial charge < -0.3 is 19.8 Å². The minimum atomic E-state index is -0.531. The van der Waals surface area contributed by atoms with Gasteiger partial charge in [-0.05, 0) is 40.0 Å². The fraction of sp³-hybridized carbons (Fsp3) is 0.722. The van der Waals surface area contributed by atoms with Gasteiger partial charge in [0.2, 0.25) is 5.76 Å². The molecular formula is C18H27N3O4. The van der Waals surface area contributed by atoms with Crippen LogP contribution in [0.25, 0.3) is 0 Å². The molecule has 138 valence electrons. The molecule has 0 bridgehead atoms. The van der Waals surface area contributed by atoms with E-state index in [1.165, 1.54) is 6.39 Å². The van der Waals surface area contributed by atoms with Crippen LogP contribution >= 0.6 is 0 Å². The molecule has 2 aliphatic carbocycles. The van der Waals surface area contributed by atoms with Gasteiger partial charge in [-0.15, -0.1) is 0 Å². The summed E-state index contributed by atoms with van der Waals surface area (Å²) >= 11 is 0. The Kier molecular flexibility index (Phi) is 4.29. The maximum absolute atomic E-state index is 12.5. The second-order valence-electron chi connectivity index (χ2n) is 8.62. The molecule has 0 radical (unpaired) electrons. The van der Waals surface area contributed by atoms with E-state index in [2.05, 4.69) is 15.6 Å². The Labute approximate surface area is 147 Å². The smallest absolute Gasteiger partial charge is 0.407 e. The van der Waals surface area contributed by atoms with Gasteiger partial charge in [0.25, 0.3) is 5.91 Å². The lowest BCUT2D eigenvalue weighted by Gasteiger charge is -2.52. The molecule has 2 fully saturated rings. The zero-order valence-corrected chi connectivity index (χ0v) is 15.5. The van der Waals surface area contributed by atoms with Crippen LogP contribution in [-0.2, 0) is 4.74 Å². The van der Waals surface area contributed by atoms with Gasteiger partial charge in [-0.3, -0.25) is 4.79 Å². The number of aromatic nitrogens is 1. The lowest BCUT2D eigenvalue weighted by Crippen LogP contribution is -2.66. The van der Waals surface area contributed by atoms with E-state index in [0.29, 0.717) is 18.1 Å². The molecule has 1 heterocycles. The van der Waals surface area contributed by atoms with Crippen LogP contribution in [0.5, 0.6) is 0 Å². The van der Waals surface area contributed by atoms with Crippen LogP contribution in [0.4, 0.5) is 4.79 Å². The first kappa shape index (κ1) is 17.8. The van der Waals surface area contributed by atoms with Crippen LogP contribution in [0.15, 0.2) is 10.8 Å². The van der Waals surface area contributed by atoms with Gasteiger partial charge in [0.1, 0.15) is 5.60 Å². The monoisotopic (exact) mass is 349 g/mol. The van der Waals surface area contributed by atoms with Crippen molar-refractivity contribution in [3.8, 4) is 0 Å². The van der Waals surface area contributed by atoms with Gasteiger partial charge >= 0.3 is 6.09 Å². The first-order valence-electron chi connectivity index (χ1n) is 8.81. The Morgan fingerprint density at radius 2 is 1.88 bits per heavy atom. The van der Waals surface area contributed by atoms with Crippen LogP contribution in [-0.4, -0.2) is 34.7 Å². The Morgan fingerprint density at radius 1 is 1.24 bits per heavy atom. The quantitative estimate of drug-likeness (QED) is 0.871. The average Bonchev–Trinajstić information content (AvgIpc) is 3.21. The Hall–Kier alpha value is -2.05. The van der Waals surface area contributed by atoms with Crippen molar-refractivity contribution in [1.29, 1.82) is 0 Å². The van der Waals surface area contributed by atoms with E-state index in [1.807, 2.05) is 34.6 Å². The van der Waals surface area contributed by atoms with E-state index < -0.39 is 11.7 Å². The first-order chi connectivity index (χ1) is 11.6. The number of rotatable bonds is 4. The summed E-state index contributed by atoms with van der Waals surface area (Å²) in [6, 6.07) is -0.0950. The highest BCUT2D eigenvalue weighted by Crippen LogP contribution is 2.42. The molecule has 7 nitrogen and oxygen atoms in total. The van der Waals surface area contributed by atoms with E-state index in [0.717, 1.165) is 18.5 Å². The molecule has 0 saturated heterocycles. The molecule has 2 atom stereocenters. The predicted molar refractivity (Wildman–Crippen MR) is 91.3 cm³/mol. The topological polar surface area (TPSA) is 93.5 Å². The summed E-state index contributed by atoms with van der Waals surface area (Å²) in [6.07, 6.45) is 3.68. The number of nitrogens with zero attached hydrogens (tertiary/aromatic N) is 1. The van der Waals surface area contributed by atoms with E-state index in [-0.39, 0.29) is 23.4 Å². The third-order valence-electron chi connectivity index (χ3n) is 5.03. The summed E-state index contributed by atoms with van der Waals surface area (Å²) in [5.41, 5.74) is -0.0401. The van der Waals surface area contributed by atoms with Gasteiger partial charge in [-0.25, -0.2) is 9.78 Å². The Balaban J connectivity index is 1.55. The highest BCUT2D eigenvalue weighted by atomic mass is 16.6. The third-order valence-corrected chi connectivity index (χ3v) is 5.03. The lowest BCUT2D eigenvalue weighted by molar-refractivity contribution is 0.0166. The Bertz CT molecular complexity index is 670. The SMILES string of the molecule is CC(C)(C)OC(=O)N[C@@H]1C[C@H](NC(=O)c2ocnc2C2CC2)C1(C)C. The van der Waals surface area contributed by atoms with Crippen molar-refractivity contribution in [2.24, 2.45) is 5.41 Å². The molecule has 0 spiro atoms. The number of amides is 2. The summed E-state index contributed by atoms with van der Waals surface area (Å²) < 4.78 is 10.6. The fourth-order valence-corrected chi connectivity index (χ4v) is 3.16. The summed E-state index contributed by atoms with van der Waals surface area (Å²) in [4.78, 5) is 28.6. The standard InChI is InChI=1S/C18H27N3O4/c1-17(2,3)25-16(23)21-12-8-11(18(12,4)5)20-15(22)14-13(10-6-7-10)19-9-24-14/h9-12H,6-8H2,1-5H3,(H,20,22)(H,21,23)/t11-,12+/m0/s1. The van der Waals surface area contributed by atoms with E-state index >= 15 is 0 Å². The van der Waals surface area contributed by atoms with Crippen molar-refractivity contribution in [2.75, 3.05) is 0 Å². The normalized spacial score (nSPS) is 25.0. The molecule has 1 aromatic heterocycles. The minimum absolute atomic E-state index is 0.0444. The molecule has 2 N–H and O–H groups in total. The second kappa shape index (κ2) is 6.04. The van der Waals surface area contributed by atoms with Crippen molar-refractivity contribution < 1.29 is 18.7 Å². The average molecular weight is 349 g/mol. The van der Waals surface area contributed by atoms with Crippen LogP contribution < -0.4 is 10.6 Å². The van der Waals surface area contributed by atoms with Crippen LogP contribution in [0, 0.1) is 5.41 Å². The number of oxazole rings is 1. The van der Waals surface area contributed by atoms with Gasteiger partial charge in [-0.1, -0.05) is 13.8 Å². The van der Waals surface area contributed by atoms with Crippen LogP contribution in [0.1, 0.15) is 76.0 Å². The van der Waals surface area contributed by atoms with E-state index in [9.17, 15) is 9.59 Å². The van der Waals surface area contributed by atoms with Crippen LogP contribution in [0.2, 0.25) is 0 Å². The van der Waals surface area contributed by atoms with Gasteiger partial charge in [-0.2, -0.15) is 0 Å². The number of hydrogen-bond donors (Lipinski definition) is 2. The Morgan fingerprint density at radius 3 is 2.44 bits per heavy atom. The number of carbonyl (C=O) groups is 2. The van der Waals surface area contributed by atoms with E-state index in [4.69, 9.17) is 9.15 Å². The number of ether oxygens (including phenoxy) is 1. The summed E-state index contributed by atoms with van der Waals surface area (Å²) in [7, 11) is 0. The molecule has 1 aromatic rings. The van der Waals surface area contributed by atoms with Crippen molar-refractivity contribution in [3.63, 3.8) is 0 Å². The highest BCUT2D eigenvalue weighted by Gasteiger charge is 2.50. The lowest BCUT2D eigenvalue weighted by atomic mass is 9.63. The number of hydrogen-bond acceptors (Lipinski definition) is 5. The molecular weight excluding hydrogens is 322 g/mol. The van der Waals surface area contributed by atoms with Crippen molar-refractivity contribution >= 4 is 12.0 Å². The summed E-state index contributed by atoms with van der Waals surface area (Å²) in [5, 5.41) is 5.91. The molecule has 2 amide bonds. The van der Waals surface area contributed by atoms with Crippen molar-refractivity contribution in [1.82, 2.24) is 15.6 Å². The molecule has 3 rings (SSSR count). The molecule has 25 heavy (non-hydrogen) atoms. The first-order valence-corrected chi connectivity index (χ1v) is 8.81. The van der Waals surface area contributed by atoms with Crippen LogP contribution in [0.3, 0.4) is 0 Å². The second-order valence-corrected chi connectivity index (χ2v) is 8.62. The number of alkyl carbamates (subject to hydrolysis) is 1.